The Bertz CT molecular complexity index is 412. The normalized spacial score (nSPS) is 10.4. The fraction of sp³-hybridized carbons (Fsp3) is 0.500. The van der Waals surface area contributed by atoms with E-state index in [4.69, 9.17) is 15.3 Å². The highest BCUT2D eigenvalue weighted by Crippen LogP contribution is 2.22. The number of nitrogens with zero attached hydrogens (tertiary/aromatic N) is 1. The van der Waals surface area contributed by atoms with Crippen LogP contribution in [0.25, 0.3) is 0 Å². The minimum absolute atomic E-state index is 0.0137. The quantitative estimate of drug-likeness (QED) is 0.307. The molecule has 0 saturated heterocycles. The first kappa shape index (κ1) is 15.4. The number of hydrogen-bond donors (Lipinski definition) is 2. The Hall–Kier alpha value is -1.70. The van der Waals surface area contributed by atoms with Crippen molar-refractivity contribution >= 4 is 11.4 Å². The molecular formula is C12H19N3O4. The lowest BCUT2D eigenvalue weighted by molar-refractivity contribution is -0.384. The van der Waals surface area contributed by atoms with Gasteiger partial charge in [0.05, 0.1) is 30.4 Å². The van der Waals surface area contributed by atoms with Crippen LogP contribution in [0.2, 0.25) is 0 Å². The molecule has 1 aromatic rings. The summed E-state index contributed by atoms with van der Waals surface area (Å²) in [4.78, 5) is 10.2. The summed E-state index contributed by atoms with van der Waals surface area (Å²) < 4.78 is 10.7. The largest absolute Gasteiger partial charge is 0.379 e. The van der Waals surface area contributed by atoms with E-state index in [2.05, 4.69) is 5.43 Å². The number of nitro benzene ring substituents is 1. The summed E-state index contributed by atoms with van der Waals surface area (Å²) in [7, 11) is 0. The van der Waals surface area contributed by atoms with Crippen molar-refractivity contribution in [3.05, 3.63) is 33.9 Å². The van der Waals surface area contributed by atoms with Crippen LogP contribution in [-0.4, -0.2) is 24.7 Å². The molecule has 0 aliphatic rings. The number of hydrogen-bond acceptors (Lipinski definition) is 6. The van der Waals surface area contributed by atoms with Crippen LogP contribution in [0, 0.1) is 10.1 Å². The van der Waals surface area contributed by atoms with Gasteiger partial charge in [0.1, 0.15) is 0 Å². The highest BCUT2D eigenvalue weighted by atomic mass is 16.6. The highest BCUT2D eigenvalue weighted by Gasteiger charge is 2.10. The number of nitrogens with two attached hydrogens (primary N) is 1. The van der Waals surface area contributed by atoms with Gasteiger partial charge < -0.3 is 14.9 Å². The molecule has 0 fully saturated rings. The van der Waals surface area contributed by atoms with Crippen molar-refractivity contribution in [1.82, 2.24) is 0 Å². The monoisotopic (exact) mass is 269 g/mol. The maximum Gasteiger partial charge on any atom is 0.269 e. The molecule has 0 aromatic heterocycles. The van der Waals surface area contributed by atoms with Gasteiger partial charge in [0.25, 0.3) is 5.69 Å². The Morgan fingerprint density at radius 2 is 2.05 bits per heavy atom. The number of nitro groups is 1. The second-order valence-corrected chi connectivity index (χ2v) is 3.91. The average molecular weight is 269 g/mol. The summed E-state index contributed by atoms with van der Waals surface area (Å²) in [5.74, 6) is 5.35. The second-order valence-electron chi connectivity index (χ2n) is 3.91. The Morgan fingerprint density at radius 1 is 1.32 bits per heavy atom. The average Bonchev–Trinajstić information content (AvgIpc) is 2.42. The van der Waals surface area contributed by atoms with Crippen molar-refractivity contribution in [2.45, 2.75) is 20.0 Å². The van der Waals surface area contributed by atoms with Crippen molar-refractivity contribution in [2.24, 2.45) is 5.84 Å². The molecule has 7 heteroatoms. The zero-order valence-electron chi connectivity index (χ0n) is 10.9. The summed E-state index contributed by atoms with van der Waals surface area (Å²) in [6.45, 7) is 3.93. The van der Waals surface area contributed by atoms with Crippen molar-refractivity contribution in [3.8, 4) is 0 Å². The molecule has 106 valence electrons. The lowest BCUT2D eigenvalue weighted by atomic mass is 10.1. The zero-order valence-corrected chi connectivity index (χ0v) is 10.9. The van der Waals surface area contributed by atoms with E-state index in [1.54, 1.807) is 6.07 Å². The number of benzene rings is 1. The number of non-ortho nitro benzene ring substituents is 1. The fourth-order valence-corrected chi connectivity index (χ4v) is 1.50. The van der Waals surface area contributed by atoms with Gasteiger partial charge in [-0.25, -0.2) is 0 Å². The zero-order chi connectivity index (χ0) is 14.1. The van der Waals surface area contributed by atoms with Crippen molar-refractivity contribution < 1.29 is 14.4 Å². The highest BCUT2D eigenvalue weighted by molar-refractivity contribution is 5.55. The standard InChI is InChI=1S/C12H19N3O4/c1-2-5-18-6-7-19-9-10-8-11(15(16)17)3-4-12(10)14-13/h3-4,8,14H,2,5-7,9,13H2,1H3. The van der Waals surface area contributed by atoms with E-state index in [9.17, 15) is 10.1 Å². The van der Waals surface area contributed by atoms with E-state index < -0.39 is 4.92 Å². The van der Waals surface area contributed by atoms with E-state index in [1.807, 2.05) is 6.92 Å². The lowest BCUT2D eigenvalue weighted by Gasteiger charge is -2.09. The minimum atomic E-state index is -0.450. The first-order valence-electron chi connectivity index (χ1n) is 6.08. The Labute approximate surface area is 111 Å². The van der Waals surface area contributed by atoms with Gasteiger partial charge in [-0.1, -0.05) is 6.92 Å². The Morgan fingerprint density at radius 3 is 2.68 bits per heavy atom. The minimum Gasteiger partial charge on any atom is -0.379 e. The third kappa shape index (κ3) is 5.21. The van der Waals surface area contributed by atoms with Crippen molar-refractivity contribution in [1.29, 1.82) is 0 Å². The molecule has 0 amide bonds. The Balaban J connectivity index is 2.50. The molecule has 1 rings (SSSR count). The van der Waals surface area contributed by atoms with E-state index in [0.29, 0.717) is 31.1 Å². The molecule has 0 unspecified atom stereocenters. The third-order valence-corrected chi connectivity index (χ3v) is 2.43. The number of nitrogen functional groups attached to an aromatic ring is 1. The molecule has 3 N–H and O–H groups in total. The van der Waals surface area contributed by atoms with Gasteiger partial charge >= 0.3 is 0 Å². The van der Waals surface area contributed by atoms with Crippen LogP contribution in [0.15, 0.2) is 18.2 Å². The molecule has 0 atom stereocenters. The summed E-state index contributed by atoms with van der Waals surface area (Å²) in [5, 5.41) is 10.7. The van der Waals surface area contributed by atoms with Crippen LogP contribution in [0.3, 0.4) is 0 Å². The number of ether oxygens (including phenoxy) is 2. The third-order valence-electron chi connectivity index (χ3n) is 2.43. The molecule has 19 heavy (non-hydrogen) atoms. The summed E-state index contributed by atoms with van der Waals surface area (Å²) >= 11 is 0. The molecule has 0 aliphatic heterocycles. The van der Waals surface area contributed by atoms with E-state index >= 15 is 0 Å². The van der Waals surface area contributed by atoms with Crippen molar-refractivity contribution in [2.75, 3.05) is 25.2 Å². The Kier molecular flexibility index (Phi) is 6.80. The molecule has 0 spiro atoms. The summed E-state index contributed by atoms with van der Waals surface area (Å²) in [5.41, 5.74) is 3.76. The van der Waals surface area contributed by atoms with Crippen LogP contribution < -0.4 is 11.3 Å². The fourth-order valence-electron chi connectivity index (χ4n) is 1.50. The van der Waals surface area contributed by atoms with E-state index in [-0.39, 0.29) is 12.3 Å². The van der Waals surface area contributed by atoms with Crippen LogP contribution >= 0.6 is 0 Å². The van der Waals surface area contributed by atoms with Gasteiger partial charge in [-0.15, -0.1) is 0 Å². The predicted molar refractivity (Wildman–Crippen MR) is 71.7 cm³/mol. The van der Waals surface area contributed by atoms with Crippen LogP contribution in [0.4, 0.5) is 11.4 Å². The maximum atomic E-state index is 10.7. The van der Waals surface area contributed by atoms with Crippen LogP contribution in [0.5, 0.6) is 0 Å². The molecule has 0 saturated carbocycles. The molecule has 1 aromatic carbocycles. The van der Waals surface area contributed by atoms with Gasteiger partial charge in [-0.3, -0.25) is 16.0 Å². The molecule has 7 nitrogen and oxygen atoms in total. The number of rotatable bonds is 9. The van der Waals surface area contributed by atoms with Gasteiger partial charge in [-0.2, -0.15) is 0 Å². The molecule has 0 bridgehead atoms. The SMILES string of the molecule is CCCOCCOCc1cc([N+](=O)[O-])ccc1NN. The summed E-state index contributed by atoms with van der Waals surface area (Å²) in [6, 6.07) is 4.40. The van der Waals surface area contributed by atoms with Gasteiger partial charge in [-0.05, 0) is 12.5 Å². The van der Waals surface area contributed by atoms with Gasteiger partial charge in [0.2, 0.25) is 0 Å². The molecule has 0 aliphatic carbocycles. The van der Waals surface area contributed by atoms with Crippen LogP contribution in [0.1, 0.15) is 18.9 Å². The first-order chi connectivity index (χ1) is 9.19. The molecule has 0 heterocycles. The maximum absolute atomic E-state index is 10.7. The topological polar surface area (TPSA) is 99.6 Å². The molecular weight excluding hydrogens is 250 g/mol. The molecule has 0 radical (unpaired) electrons. The van der Waals surface area contributed by atoms with Gasteiger partial charge in [0.15, 0.2) is 0 Å². The summed E-state index contributed by atoms with van der Waals surface area (Å²) in [6.07, 6.45) is 0.964. The predicted octanol–water partition coefficient (Wildman–Crippen LogP) is 1.82. The van der Waals surface area contributed by atoms with E-state index in [0.717, 1.165) is 6.42 Å². The van der Waals surface area contributed by atoms with Gasteiger partial charge in [0, 0.05) is 24.3 Å². The number of anilines is 1. The lowest BCUT2D eigenvalue weighted by Crippen LogP contribution is -2.11. The smallest absolute Gasteiger partial charge is 0.269 e. The van der Waals surface area contributed by atoms with Crippen LogP contribution in [-0.2, 0) is 16.1 Å². The first-order valence-corrected chi connectivity index (χ1v) is 6.08. The number of hydrazine groups is 1. The second kappa shape index (κ2) is 8.41. The number of nitrogens with one attached hydrogen (secondary N) is 1. The van der Waals surface area contributed by atoms with Crippen molar-refractivity contribution in [3.63, 3.8) is 0 Å². The van der Waals surface area contributed by atoms with E-state index in [1.165, 1.54) is 12.1 Å².